The molecule has 0 bridgehead atoms. The van der Waals surface area contributed by atoms with E-state index in [0.717, 1.165) is 11.5 Å². The number of phenols is 1. The lowest BCUT2D eigenvalue weighted by atomic mass is 10.2. The van der Waals surface area contributed by atoms with Crippen molar-refractivity contribution in [3.05, 3.63) is 34.7 Å². The summed E-state index contributed by atoms with van der Waals surface area (Å²) in [7, 11) is 0. The van der Waals surface area contributed by atoms with E-state index in [1.165, 1.54) is 6.07 Å². The summed E-state index contributed by atoms with van der Waals surface area (Å²) in [4.78, 5) is 4.20. The standard InChI is InChI=1S/C11H10ClNO2/c1-6-7(2)15-11(13-6)9-5-8(12)3-4-10(9)14/h3-5,14H,1-2H3. The van der Waals surface area contributed by atoms with E-state index in [4.69, 9.17) is 16.0 Å². The maximum atomic E-state index is 9.63. The molecule has 0 atom stereocenters. The Morgan fingerprint density at radius 2 is 2.07 bits per heavy atom. The molecule has 78 valence electrons. The summed E-state index contributed by atoms with van der Waals surface area (Å²) in [5, 5.41) is 10.2. The van der Waals surface area contributed by atoms with Crippen LogP contribution in [0.2, 0.25) is 5.02 Å². The van der Waals surface area contributed by atoms with Gasteiger partial charge in [0.1, 0.15) is 11.5 Å². The van der Waals surface area contributed by atoms with Gasteiger partial charge in [-0.2, -0.15) is 0 Å². The normalized spacial score (nSPS) is 10.6. The van der Waals surface area contributed by atoms with E-state index in [2.05, 4.69) is 4.98 Å². The first kappa shape index (κ1) is 10.1. The topological polar surface area (TPSA) is 46.3 Å². The lowest BCUT2D eigenvalue weighted by molar-refractivity contribution is 0.471. The third-order valence-corrected chi connectivity index (χ3v) is 2.45. The fourth-order valence-electron chi connectivity index (χ4n) is 1.27. The van der Waals surface area contributed by atoms with Crippen LogP contribution in [0.15, 0.2) is 22.6 Å². The Labute approximate surface area is 92.3 Å². The molecular weight excluding hydrogens is 214 g/mol. The zero-order valence-corrected chi connectivity index (χ0v) is 9.17. The number of nitrogens with zero attached hydrogens (tertiary/aromatic N) is 1. The summed E-state index contributed by atoms with van der Waals surface area (Å²) in [6.07, 6.45) is 0. The molecule has 1 heterocycles. The van der Waals surface area contributed by atoms with Gasteiger partial charge in [-0.25, -0.2) is 4.98 Å². The van der Waals surface area contributed by atoms with Gasteiger partial charge in [0.2, 0.25) is 5.89 Å². The SMILES string of the molecule is Cc1nc(-c2cc(Cl)ccc2O)oc1C. The van der Waals surface area contributed by atoms with Gasteiger partial charge in [-0.3, -0.25) is 0 Å². The van der Waals surface area contributed by atoms with E-state index in [-0.39, 0.29) is 5.75 Å². The van der Waals surface area contributed by atoms with Gasteiger partial charge in [0, 0.05) is 5.02 Å². The highest BCUT2D eigenvalue weighted by Crippen LogP contribution is 2.31. The number of hydrogen-bond acceptors (Lipinski definition) is 3. The second kappa shape index (κ2) is 3.59. The van der Waals surface area contributed by atoms with Gasteiger partial charge in [0.05, 0.1) is 11.3 Å². The Bertz CT molecular complexity index is 486. The lowest BCUT2D eigenvalue weighted by Gasteiger charge is -1.99. The first-order valence-electron chi connectivity index (χ1n) is 4.51. The van der Waals surface area contributed by atoms with Gasteiger partial charge >= 0.3 is 0 Å². The van der Waals surface area contributed by atoms with Crippen molar-refractivity contribution < 1.29 is 9.52 Å². The number of rotatable bonds is 1. The van der Waals surface area contributed by atoms with Gasteiger partial charge in [-0.05, 0) is 32.0 Å². The van der Waals surface area contributed by atoms with Gasteiger partial charge in [-0.15, -0.1) is 0 Å². The molecule has 3 nitrogen and oxygen atoms in total. The fourth-order valence-corrected chi connectivity index (χ4v) is 1.44. The van der Waals surface area contributed by atoms with E-state index in [9.17, 15) is 5.11 Å². The largest absolute Gasteiger partial charge is 0.507 e. The van der Waals surface area contributed by atoms with Crippen LogP contribution in [-0.2, 0) is 0 Å². The number of aromatic nitrogens is 1. The second-order valence-corrected chi connectivity index (χ2v) is 3.76. The van der Waals surface area contributed by atoms with Crippen molar-refractivity contribution in [2.45, 2.75) is 13.8 Å². The third kappa shape index (κ3) is 1.83. The Morgan fingerprint density at radius 1 is 1.33 bits per heavy atom. The molecule has 1 N–H and O–H groups in total. The molecule has 0 saturated carbocycles. The quantitative estimate of drug-likeness (QED) is 0.807. The van der Waals surface area contributed by atoms with Crippen LogP contribution in [0.3, 0.4) is 0 Å². The molecule has 1 aromatic carbocycles. The van der Waals surface area contributed by atoms with Crippen LogP contribution < -0.4 is 0 Å². The summed E-state index contributed by atoms with van der Waals surface area (Å²) in [5.41, 5.74) is 1.32. The molecule has 0 fully saturated rings. The highest BCUT2D eigenvalue weighted by Gasteiger charge is 2.12. The number of aryl methyl sites for hydroxylation is 2. The van der Waals surface area contributed by atoms with Crippen LogP contribution in [0.1, 0.15) is 11.5 Å². The highest BCUT2D eigenvalue weighted by molar-refractivity contribution is 6.30. The van der Waals surface area contributed by atoms with Crippen LogP contribution in [0.25, 0.3) is 11.5 Å². The molecule has 0 saturated heterocycles. The molecule has 0 spiro atoms. The van der Waals surface area contributed by atoms with Crippen molar-refractivity contribution >= 4 is 11.6 Å². The maximum absolute atomic E-state index is 9.63. The highest BCUT2D eigenvalue weighted by atomic mass is 35.5. The number of aromatic hydroxyl groups is 1. The zero-order valence-electron chi connectivity index (χ0n) is 8.41. The Hall–Kier alpha value is -1.48. The number of benzene rings is 1. The molecule has 15 heavy (non-hydrogen) atoms. The monoisotopic (exact) mass is 223 g/mol. The average molecular weight is 224 g/mol. The van der Waals surface area contributed by atoms with Crippen LogP contribution in [0.4, 0.5) is 0 Å². The minimum atomic E-state index is 0.112. The van der Waals surface area contributed by atoms with Crippen molar-refractivity contribution in [3.63, 3.8) is 0 Å². The smallest absolute Gasteiger partial charge is 0.230 e. The predicted molar refractivity (Wildman–Crippen MR) is 58.1 cm³/mol. The third-order valence-electron chi connectivity index (χ3n) is 2.22. The molecule has 0 unspecified atom stereocenters. The summed E-state index contributed by atoms with van der Waals surface area (Å²) < 4.78 is 5.41. The first-order chi connectivity index (χ1) is 7.08. The fraction of sp³-hybridized carbons (Fsp3) is 0.182. The van der Waals surface area contributed by atoms with Crippen molar-refractivity contribution in [1.29, 1.82) is 0 Å². The molecule has 4 heteroatoms. The number of halogens is 1. The minimum Gasteiger partial charge on any atom is -0.507 e. The molecule has 0 amide bonds. The second-order valence-electron chi connectivity index (χ2n) is 3.32. The molecule has 2 rings (SSSR count). The van der Waals surface area contributed by atoms with Crippen LogP contribution >= 0.6 is 11.6 Å². The lowest BCUT2D eigenvalue weighted by Crippen LogP contribution is -1.79. The molecule has 0 radical (unpaired) electrons. The van der Waals surface area contributed by atoms with Crippen molar-refractivity contribution in [3.8, 4) is 17.2 Å². The van der Waals surface area contributed by atoms with Gasteiger partial charge in [0.15, 0.2) is 0 Å². The number of oxazole rings is 1. The average Bonchev–Trinajstić information content (AvgIpc) is 2.51. The summed E-state index contributed by atoms with van der Waals surface area (Å²) >= 11 is 5.83. The van der Waals surface area contributed by atoms with Crippen molar-refractivity contribution in [1.82, 2.24) is 4.98 Å². The Balaban J connectivity index is 2.58. The van der Waals surface area contributed by atoms with Crippen molar-refractivity contribution in [2.24, 2.45) is 0 Å². The molecule has 0 aliphatic rings. The van der Waals surface area contributed by atoms with E-state index in [1.807, 2.05) is 13.8 Å². The van der Waals surface area contributed by atoms with Gasteiger partial charge in [0.25, 0.3) is 0 Å². The number of hydrogen-bond donors (Lipinski definition) is 1. The molecule has 0 aliphatic heterocycles. The van der Waals surface area contributed by atoms with E-state index in [0.29, 0.717) is 16.5 Å². The van der Waals surface area contributed by atoms with Crippen LogP contribution in [0, 0.1) is 13.8 Å². The zero-order chi connectivity index (χ0) is 11.0. The molecule has 0 aliphatic carbocycles. The van der Waals surface area contributed by atoms with Crippen LogP contribution in [-0.4, -0.2) is 10.1 Å². The van der Waals surface area contributed by atoms with Gasteiger partial charge in [-0.1, -0.05) is 11.6 Å². The summed E-state index contributed by atoms with van der Waals surface area (Å²) in [6.45, 7) is 3.68. The van der Waals surface area contributed by atoms with Crippen molar-refractivity contribution in [2.75, 3.05) is 0 Å². The molecular formula is C11H10ClNO2. The van der Waals surface area contributed by atoms with Gasteiger partial charge < -0.3 is 9.52 Å². The van der Waals surface area contributed by atoms with E-state index < -0.39 is 0 Å². The Kier molecular flexibility index (Phi) is 2.40. The number of phenolic OH excluding ortho intramolecular Hbond substituents is 1. The molecule has 2 aromatic rings. The van der Waals surface area contributed by atoms with Crippen LogP contribution in [0.5, 0.6) is 5.75 Å². The predicted octanol–water partition coefficient (Wildman–Crippen LogP) is 3.32. The maximum Gasteiger partial charge on any atom is 0.230 e. The summed E-state index contributed by atoms with van der Waals surface area (Å²) in [5.74, 6) is 1.25. The molecule has 1 aromatic heterocycles. The van der Waals surface area contributed by atoms with E-state index >= 15 is 0 Å². The summed E-state index contributed by atoms with van der Waals surface area (Å²) in [6, 6.07) is 4.76. The minimum absolute atomic E-state index is 0.112. The first-order valence-corrected chi connectivity index (χ1v) is 4.88. The Morgan fingerprint density at radius 3 is 2.67 bits per heavy atom. The van der Waals surface area contributed by atoms with E-state index in [1.54, 1.807) is 12.1 Å².